The van der Waals surface area contributed by atoms with Crippen molar-refractivity contribution >= 4 is 19.4 Å². The average Bonchev–Trinajstić information content (AvgIpc) is 2.67. The minimum Gasteiger partial charge on any atom is -0.497 e. The number of rotatable bonds is 8. The number of hydrogen-bond acceptors (Lipinski definition) is 9. The first kappa shape index (κ1) is 20.4. The van der Waals surface area contributed by atoms with E-state index in [4.69, 9.17) is 18.5 Å². The Morgan fingerprint density at radius 3 is 2.50 bits per heavy atom. The Kier molecular flexibility index (Phi) is 7.16. The summed E-state index contributed by atoms with van der Waals surface area (Å²) in [6.07, 6.45) is 0. The van der Waals surface area contributed by atoms with Gasteiger partial charge in [-0.25, -0.2) is 10.2 Å². The van der Waals surface area contributed by atoms with Gasteiger partial charge in [0, 0.05) is 0 Å². The van der Waals surface area contributed by atoms with E-state index < -0.39 is 25.4 Å². The molecule has 0 saturated heterocycles. The molecule has 0 fully saturated rings. The number of benzene rings is 1. The molecule has 1 aromatic rings. The third-order valence-corrected chi connectivity index (χ3v) is 6.01. The van der Waals surface area contributed by atoms with Crippen molar-refractivity contribution in [3.63, 3.8) is 0 Å². The van der Waals surface area contributed by atoms with E-state index in [-0.39, 0.29) is 19.0 Å². The molecule has 144 valence electrons. The summed E-state index contributed by atoms with van der Waals surface area (Å²) in [5.41, 5.74) is 6.16. The largest absolute Gasteiger partial charge is 0.497 e. The van der Waals surface area contributed by atoms with Crippen LogP contribution < -0.4 is 15.6 Å². The number of nitrogens with zero attached hydrogens (tertiary/aromatic N) is 1. The fourth-order valence-electron chi connectivity index (χ4n) is 2.56. The van der Waals surface area contributed by atoms with Crippen LogP contribution >= 0.6 is 7.60 Å². The van der Waals surface area contributed by atoms with E-state index in [1.54, 1.807) is 45.2 Å². The Bertz CT molecular complexity index is 701. The summed E-state index contributed by atoms with van der Waals surface area (Å²) in [5.74, 6) is -0.914. The van der Waals surface area contributed by atoms with Crippen LogP contribution in [0.1, 0.15) is 25.5 Å². The third-order valence-electron chi connectivity index (χ3n) is 3.68. The maximum absolute atomic E-state index is 13.3. The SMILES string of the molecule is CCOP(=O)(OCC)[C@@H]1NNC(C(=O)OC)=N[C@H]1c1cccc(OC)c1. The lowest BCUT2D eigenvalue weighted by Gasteiger charge is -2.34. The number of carbonyl (C=O) groups is 1. The maximum atomic E-state index is 13.3. The molecule has 2 N–H and O–H groups in total. The van der Waals surface area contributed by atoms with Gasteiger partial charge >= 0.3 is 13.6 Å². The first-order valence-electron chi connectivity index (χ1n) is 8.19. The van der Waals surface area contributed by atoms with E-state index in [9.17, 15) is 9.36 Å². The van der Waals surface area contributed by atoms with Crippen molar-refractivity contribution < 1.29 is 27.9 Å². The van der Waals surface area contributed by atoms with Crippen LogP contribution in [0.5, 0.6) is 5.75 Å². The summed E-state index contributed by atoms with van der Waals surface area (Å²) in [5, 5.41) is 0. The normalized spacial score (nSPS) is 20.1. The number of nitrogens with one attached hydrogen (secondary N) is 2. The van der Waals surface area contributed by atoms with Crippen LogP contribution in [0, 0.1) is 0 Å². The molecule has 1 aliphatic heterocycles. The van der Waals surface area contributed by atoms with Crippen LogP contribution in [0.3, 0.4) is 0 Å². The van der Waals surface area contributed by atoms with Crippen molar-refractivity contribution in [1.29, 1.82) is 0 Å². The van der Waals surface area contributed by atoms with Crippen LogP contribution in [0.2, 0.25) is 0 Å². The summed E-state index contributed by atoms with van der Waals surface area (Å²) in [4.78, 5) is 16.3. The molecule has 10 heteroatoms. The Hall–Kier alpha value is -1.93. The second-order valence-corrected chi connectivity index (χ2v) is 7.43. The molecular formula is C16H24N3O6P. The number of ether oxygens (including phenoxy) is 2. The number of methoxy groups -OCH3 is 2. The molecule has 0 aromatic heterocycles. The van der Waals surface area contributed by atoms with Crippen LogP contribution in [-0.4, -0.2) is 45.0 Å². The highest BCUT2D eigenvalue weighted by Gasteiger charge is 2.45. The Balaban J connectivity index is 2.50. The minimum absolute atomic E-state index is 0.0314. The second-order valence-electron chi connectivity index (χ2n) is 5.28. The zero-order valence-corrected chi connectivity index (χ0v) is 16.1. The van der Waals surface area contributed by atoms with Gasteiger partial charge in [0.2, 0.25) is 5.84 Å². The molecule has 0 unspecified atom stereocenters. The molecule has 9 nitrogen and oxygen atoms in total. The first-order valence-corrected chi connectivity index (χ1v) is 9.80. The monoisotopic (exact) mass is 385 g/mol. The molecule has 0 saturated carbocycles. The number of esters is 1. The molecule has 0 aliphatic carbocycles. The maximum Gasteiger partial charge on any atom is 0.374 e. The number of amidine groups is 1. The molecule has 1 aromatic carbocycles. The lowest BCUT2D eigenvalue weighted by Crippen LogP contribution is -2.53. The summed E-state index contributed by atoms with van der Waals surface area (Å²) in [6, 6.07) is 6.40. The van der Waals surface area contributed by atoms with E-state index in [0.717, 1.165) is 0 Å². The second kappa shape index (κ2) is 9.14. The highest BCUT2D eigenvalue weighted by molar-refractivity contribution is 7.54. The van der Waals surface area contributed by atoms with Crippen LogP contribution in [0.4, 0.5) is 0 Å². The summed E-state index contributed by atoms with van der Waals surface area (Å²) >= 11 is 0. The molecule has 2 rings (SSSR count). The zero-order valence-electron chi connectivity index (χ0n) is 15.2. The zero-order chi connectivity index (χ0) is 19.2. The molecule has 0 radical (unpaired) electrons. The van der Waals surface area contributed by atoms with Gasteiger partial charge in [-0.3, -0.25) is 15.0 Å². The molecule has 1 aliphatic rings. The lowest BCUT2D eigenvalue weighted by atomic mass is 10.1. The van der Waals surface area contributed by atoms with Gasteiger partial charge in [-0.2, -0.15) is 0 Å². The Labute approximate surface area is 152 Å². The average molecular weight is 385 g/mol. The van der Waals surface area contributed by atoms with Gasteiger partial charge in [0.05, 0.1) is 27.4 Å². The van der Waals surface area contributed by atoms with Crippen LogP contribution in [-0.2, 0) is 23.1 Å². The molecule has 0 amide bonds. The predicted molar refractivity (Wildman–Crippen MR) is 96.1 cm³/mol. The molecule has 26 heavy (non-hydrogen) atoms. The van der Waals surface area contributed by atoms with Gasteiger partial charge in [0.15, 0.2) is 5.78 Å². The minimum atomic E-state index is -3.58. The molecule has 1 heterocycles. The fourth-order valence-corrected chi connectivity index (χ4v) is 4.48. The summed E-state index contributed by atoms with van der Waals surface area (Å²) in [7, 11) is -0.777. The van der Waals surface area contributed by atoms with Gasteiger partial charge < -0.3 is 18.5 Å². The molecule has 0 bridgehead atoms. The van der Waals surface area contributed by atoms with Gasteiger partial charge in [0.25, 0.3) is 0 Å². The van der Waals surface area contributed by atoms with Gasteiger partial charge in [-0.15, -0.1) is 0 Å². The van der Waals surface area contributed by atoms with E-state index in [1.165, 1.54) is 7.11 Å². The van der Waals surface area contributed by atoms with Gasteiger partial charge in [-0.05, 0) is 31.5 Å². The van der Waals surface area contributed by atoms with E-state index in [1.807, 2.05) is 0 Å². The van der Waals surface area contributed by atoms with Crippen molar-refractivity contribution in [3.05, 3.63) is 29.8 Å². The highest BCUT2D eigenvalue weighted by Crippen LogP contribution is 2.56. The fraction of sp³-hybridized carbons (Fsp3) is 0.500. The van der Waals surface area contributed by atoms with E-state index in [0.29, 0.717) is 11.3 Å². The molecule has 2 atom stereocenters. The molecular weight excluding hydrogens is 361 g/mol. The Morgan fingerprint density at radius 2 is 1.92 bits per heavy atom. The van der Waals surface area contributed by atoms with Crippen molar-refractivity contribution in [3.8, 4) is 5.75 Å². The van der Waals surface area contributed by atoms with Crippen molar-refractivity contribution in [2.24, 2.45) is 4.99 Å². The number of carbonyl (C=O) groups excluding carboxylic acids is 1. The van der Waals surface area contributed by atoms with Gasteiger partial charge in [-0.1, -0.05) is 12.1 Å². The first-order chi connectivity index (χ1) is 12.5. The molecule has 0 spiro atoms. The quantitative estimate of drug-likeness (QED) is 0.517. The third kappa shape index (κ3) is 4.42. The highest BCUT2D eigenvalue weighted by atomic mass is 31.2. The van der Waals surface area contributed by atoms with E-state index in [2.05, 4.69) is 15.8 Å². The van der Waals surface area contributed by atoms with Crippen LogP contribution in [0.15, 0.2) is 29.3 Å². The van der Waals surface area contributed by atoms with Crippen LogP contribution in [0.25, 0.3) is 0 Å². The van der Waals surface area contributed by atoms with Gasteiger partial charge in [0.1, 0.15) is 11.8 Å². The van der Waals surface area contributed by atoms with Crippen molar-refractivity contribution in [1.82, 2.24) is 10.9 Å². The number of hydrazine groups is 1. The summed E-state index contributed by atoms with van der Waals surface area (Å²) < 4.78 is 34.2. The topological polar surface area (TPSA) is 107 Å². The Morgan fingerprint density at radius 1 is 1.23 bits per heavy atom. The standard InChI is InChI=1S/C16H24N3O6P/c1-5-24-26(21,25-6-2)15-13(11-8-7-9-12(10-11)22-3)17-14(18-19-15)16(20)23-4/h7-10,13,15,19H,5-6H2,1-4H3,(H,17,18)/t13-,15-/m0/s1. The lowest BCUT2D eigenvalue weighted by molar-refractivity contribution is -0.133. The number of hydrogen-bond donors (Lipinski definition) is 2. The van der Waals surface area contributed by atoms with E-state index >= 15 is 0 Å². The number of aliphatic imine (C=N–C) groups is 1. The van der Waals surface area contributed by atoms with Crippen molar-refractivity contribution in [2.75, 3.05) is 27.4 Å². The van der Waals surface area contributed by atoms with Crippen molar-refractivity contribution in [2.45, 2.75) is 25.7 Å². The summed E-state index contributed by atoms with van der Waals surface area (Å²) in [6.45, 7) is 3.86. The smallest absolute Gasteiger partial charge is 0.374 e. The predicted octanol–water partition coefficient (Wildman–Crippen LogP) is 2.01.